The lowest BCUT2D eigenvalue weighted by atomic mass is 10.2. The molecule has 0 amide bonds. The minimum Gasteiger partial charge on any atom is -0.483 e. The first-order chi connectivity index (χ1) is 8.58. The molecule has 3 rings (SSSR count). The van der Waals surface area contributed by atoms with E-state index in [9.17, 15) is 4.79 Å². The summed E-state index contributed by atoms with van der Waals surface area (Å²) < 4.78 is 14.0. The van der Waals surface area contributed by atoms with E-state index in [0.29, 0.717) is 24.7 Å². The van der Waals surface area contributed by atoms with Crippen molar-refractivity contribution in [3.63, 3.8) is 0 Å². The molecular formula is C12H15N3O3. The number of aromatic nitrogens is 2. The van der Waals surface area contributed by atoms with Gasteiger partial charge in [0.25, 0.3) is 0 Å². The summed E-state index contributed by atoms with van der Waals surface area (Å²) in [5.74, 6) is 0.638. The van der Waals surface area contributed by atoms with Gasteiger partial charge in [0.1, 0.15) is 17.4 Å². The van der Waals surface area contributed by atoms with E-state index in [1.165, 1.54) is 0 Å². The molecule has 0 aliphatic carbocycles. The first kappa shape index (κ1) is 11.2. The van der Waals surface area contributed by atoms with Crippen LogP contribution in [0.5, 0.6) is 5.75 Å². The Kier molecular flexibility index (Phi) is 2.34. The summed E-state index contributed by atoms with van der Waals surface area (Å²) in [6.45, 7) is 1.16. The molecule has 18 heavy (non-hydrogen) atoms. The molecule has 0 atom stereocenters. The van der Waals surface area contributed by atoms with Crippen molar-refractivity contribution < 1.29 is 9.47 Å². The zero-order chi connectivity index (χ0) is 12.9. The zero-order valence-electron chi connectivity index (χ0n) is 10.3. The average Bonchev–Trinajstić information content (AvgIpc) is 2.49. The summed E-state index contributed by atoms with van der Waals surface area (Å²) in [4.78, 5) is 11.9. The number of ether oxygens (including phenoxy) is 2. The molecule has 0 bridgehead atoms. The number of hydrogen-bond acceptors (Lipinski definition) is 4. The highest BCUT2D eigenvalue weighted by molar-refractivity contribution is 5.86. The van der Waals surface area contributed by atoms with Crippen LogP contribution in [0.2, 0.25) is 0 Å². The van der Waals surface area contributed by atoms with Crippen molar-refractivity contribution in [2.24, 2.45) is 14.1 Å². The van der Waals surface area contributed by atoms with Crippen molar-refractivity contribution in [1.29, 1.82) is 0 Å². The molecule has 0 radical (unpaired) electrons. The maximum absolute atomic E-state index is 11.9. The lowest BCUT2D eigenvalue weighted by molar-refractivity contribution is -0.0791. The van der Waals surface area contributed by atoms with Gasteiger partial charge in [-0.05, 0) is 6.07 Å². The van der Waals surface area contributed by atoms with E-state index in [-0.39, 0.29) is 11.8 Å². The molecule has 1 aliphatic rings. The lowest BCUT2D eigenvalue weighted by Crippen LogP contribution is -2.38. The first-order valence-corrected chi connectivity index (χ1v) is 5.77. The number of nitrogens with zero attached hydrogens (tertiary/aromatic N) is 2. The second-order valence-corrected chi connectivity index (χ2v) is 4.56. The third kappa shape index (κ3) is 1.49. The van der Waals surface area contributed by atoms with Gasteiger partial charge in [0.05, 0.1) is 18.7 Å². The van der Waals surface area contributed by atoms with E-state index in [1.807, 2.05) is 0 Å². The van der Waals surface area contributed by atoms with Crippen LogP contribution in [0.1, 0.15) is 0 Å². The fourth-order valence-electron chi connectivity index (χ4n) is 2.18. The van der Waals surface area contributed by atoms with E-state index >= 15 is 0 Å². The number of anilines is 1. The van der Waals surface area contributed by atoms with Crippen molar-refractivity contribution >= 4 is 16.7 Å². The van der Waals surface area contributed by atoms with Gasteiger partial charge < -0.3 is 15.2 Å². The van der Waals surface area contributed by atoms with Crippen LogP contribution in [0.25, 0.3) is 11.0 Å². The molecule has 0 spiro atoms. The van der Waals surface area contributed by atoms with Gasteiger partial charge in [-0.15, -0.1) is 0 Å². The number of rotatable bonds is 2. The summed E-state index contributed by atoms with van der Waals surface area (Å²) in [6, 6.07) is 3.53. The molecule has 2 aromatic rings. The molecule has 0 unspecified atom stereocenters. The van der Waals surface area contributed by atoms with Crippen LogP contribution in [-0.4, -0.2) is 28.5 Å². The molecular weight excluding hydrogens is 234 g/mol. The number of aryl methyl sites for hydroxylation is 2. The maximum Gasteiger partial charge on any atom is 0.328 e. The lowest BCUT2D eigenvalue weighted by Gasteiger charge is -2.27. The molecule has 1 fully saturated rings. The van der Waals surface area contributed by atoms with Crippen molar-refractivity contribution in [2.75, 3.05) is 18.9 Å². The van der Waals surface area contributed by atoms with Crippen LogP contribution >= 0.6 is 0 Å². The van der Waals surface area contributed by atoms with E-state index in [0.717, 1.165) is 11.0 Å². The fraction of sp³-hybridized carbons (Fsp3) is 0.417. The molecule has 2 heterocycles. The number of nitrogens with two attached hydrogens (primary N) is 1. The molecule has 6 nitrogen and oxygen atoms in total. The van der Waals surface area contributed by atoms with Crippen molar-refractivity contribution in [1.82, 2.24) is 9.13 Å². The topological polar surface area (TPSA) is 71.4 Å². The number of imidazole rings is 1. The first-order valence-electron chi connectivity index (χ1n) is 5.77. The molecule has 1 saturated heterocycles. The van der Waals surface area contributed by atoms with Crippen molar-refractivity contribution in [3.8, 4) is 5.75 Å². The highest BCUT2D eigenvalue weighted by Crippen LogP contribution is 2.29. The summed E-state index contributed by atoms with van der Waals surface area (Å²) in [6.07, 6.45) is 0.0466. The Morgan fingerprint density at radius 1 is 1.33 bits per heavy atom. The van der Waals surface area contributed by atoms with E-state index in [4.69, 9.17) is 15.2 Å². The molecule has 96 valence electrons. The number of fused-ring (bicyclic) bond motifs is 1. The minimum absolute atomic E-state index is 0.0466. The van der Waals surface area contributed by atoms with E-state index in [2.05, 4.69) is 0 Å². The number of nitrogen functional groups attached to an aromatic ring is 1. The molecule has 1 aliphatic heterocycles. The van der Waals surface area contributed by atoms with Crippen LogP contribution in [0, 0.1) is 0 Å². The predicted octanol–water partition coefficient (Wildman–Crippen LogP) is 0.237. The Hall–Kier alpha value is -1.95. The predicted molar refractivity (Wildman–Crippen MR) is 67.8 cm³/mol. The van der Waals surface area contributed by atoms with Gasteiger partial charge in [-0.1, -0.05) is 0 Å². The Morgan fingerprint density at radius 2 is 2.06 bits per heavy atom. The van der Waals surface area contributed by atoms with Gasteiger partial charge in [0.15, 0.2) is 0 Å². The Labute approximate surface area is 104 Å². The van der Waals surface area contributed by atoms with Gasteiger partial charge in [0.2, 0.25) is 0 Å². The van der Waals surface area contributed by atoms with Gasteiger partial charge in [0, 0.05) is 25.8 Å². The Morgan fingerprint density at radius 3 is 2.67 bits per heavy atom. The normalized spacial score (nSPS) is 15.9. The number of hydrogen-bond donors (Lipinski definition) is 1. The standard InChI is InChI=1S/C12H15N3O3/c1-14-9-3-7(13)4-10(18-8-5-17-6-8)11(9)15(2)12(14)16/h3-4,8H,5-6,13H2,1-2H3. The summed E-state index contributed by atoms with van der Waals surface area (Å²) >= 11 is 0. The van der Waals surface area contributed by atoms with Crippen molar-refractivity contribution in [2.45, 2.75) is 6.10 Å². The van der Waals surface area contributed by atoms with Gasteiger partial charge in [-0.25, -0.2) is 4.79 Å². The van der Waals surface area contributed by atoms with Crippen LogP contribution in [-0.2, 0) is 18.8 Å². The average molecular weight is 249 g/mol. The second-order valence-electron chi connectivity index (χ2n) is 4.56. The van der Waals surface area contributed by atoms with E-state index < -0.39 is 0 Å². The van der Waals surface area contributed by atoms with Crippen LogP contribution in [0.3, 0.4) is 0 Å². The van der Waals surface area contributed by atoms with Crippen LogP contribution < -0.4 is 16.2 Å². The third-order valence-electron chi connectivity index (χ3n) is 3.25. The summed E-state index contributed by atoms with van der Waals surface area (Å²) in [5, 5.41) is 0. The Bertz CT molecular complexity index is 667. The second kappa shape index (κ2) is 3.78. The van der Waals surface area contributed by atoms with Crippen LogP contribution in [0.4, 0.5) is 5.69 Å². The largest absolute Gasteiger partial charge is 0.483 e. The minimum atomic E-state index is -0.0923. The van der Waals surface area contributed by atoms with Gasteiger partial charge >= 0.3 is 5.69 Å². The van der Waals surface area contributed by atoms with Crippen LogP contribution in [0.15, 0.2) is 16.9 Å². The third-order valence-corrected chi connectivity index (χ3v) is 3.25. The van der Waals surface area contributed by atoms with Gasteiger partial charge in [-0.3, -0.25) is 9.13 Å². The number of benzene rings is 1. The van der Waals surface area contributed by atoms with Gasteiger partial charge in [-0.2, -0.15) is 0 Å². The molecule has 1 aromatic heterocycles. The smallest absolute Gasteiger partial charge is 0.328 e. The molecule has 0 saturated carbocycles. The summed E-state index contributed by atoms with van der Waals surface area (Å²) in [7, 11) is 3.45. The fourth-order valence-corrected chi connectivity index (χ4v) is 2.18. The van der Waals surface area contributed by atoms with E-state index in [1.54, 1.807) is 35.4 Å². The Balaban J connectivity index is 2.22. The SMILES string of the molecule is Cn1c(=O)n(C)c2c(OC3COC3)cc(N)cc21. The highest BCUT2D eigenvalue weighted by Gasteiger charge is 2.23. The summed E-state index contributed by atoms with van der Waals surface area (Å²) in [5.41, 5.74) is 7.89. The van der Waals surface area contributed by atoms with Crippen molar-refractivity contribution in [3.05, 3.63) is 22.6 Å². The zero-order valence-corrected chi connectivity index (χ0v) is 10.3. The quantitative estimate of drug-likeness (QED) is 0.774. The molecule has 1 aromatic carbocycles. The monoisotopic (exact) mass is 249 g/mol. The molecule has 2 N–H and O–H groups in total. The highest BCUT2D eigenvalue weighted by atomic mass is 16.6. The molecule has 6 heteroatoms. The maximum atomic E-state index is 11.9.